The van der Waals surface area contributed by atoms with Crippen molar-refractivity contribution in [3.63, 3.8) is 0 Å². The minimum absolute atomic E-state index is 0.364. The Balaban J connectivity index is 3.62. The average Bonchev–Trinajstić information content (AvgIpc) is 3.33. The number of aliphatic hydroxyl groups excluding tert-OH is 4. The Hall–Kier alpha value is -1.21. The van der Waals surface area contributed by atoms with Crippen LogP contribution in [0.3, 0.4) is 0 Å². The van der Waals surface area contributed by atoms with Gasteiger partial charge >= 0.3 is 0 Å². The highest BCUT2D eigenvalue weighted by molar-refractivity contribution is 5.80. The first-order valence-corrected chi connectivity index (χ1v) is 30.2. The number of carbonyl (C=O) groups is 1. The van der Waals surface area contributed by atoms with E-state index < -0.39 is 36.9 Å². The summed E-state index contributed by atoms with van der Waals surface area (Å²) < 4.78 is 0. The summed E-state index contributed by atoms with van der Waals surface area (Å²) >= 11 is 0. The molecule has 0 aromatic carbocycles. The largest absolute Gasteiger partial charge is 0.394 e. The third kappa shape index (κ3) is 49.6. The molecule has 0 saturated carbocycles. The second-order valence-electron chi connectivity index (χ2n) is 21.0. The molecule has 398 valence electrons. The number of carbonyl (C=O) groups excluding carboxylic acids is 1. The van der Waals surface area contributed by atoms with Gasteiger partial charge in [-0.2, -0.15) is 0 Å². The maximum Gasteiger partial charge on any atom is 0.249 e. The number of allylic oxidation sites excluding steroid dienone is 4. The normalized spacial score (nSPS) is 13.8. The first-order chi connectivity index (χ1) is 33.0. The molecule has 0 aliphatic carbocycles. The zero-order valence-corrected chi connectivity index (χ0v) is 45.2. The van der Waals surface area contributed by atoms with Crippen LogP contribution in [-0.4, -0.2) is 57.3 Å². The highest BCUT2D eigenvalue weighted by Gasteiger charge is 2.28. The van der Waals surface area contributed by atoms with Crippen molar-refractivity contribution < 1.29 is 25.2 Å². The fourth-order valence-corrected chi connectivity index (χ4v) is 9.66. The molecule has 4 unspecified atom stereocenters. The van der Waals surface area contributed by atoms with E-state index in [-0.39, 0.29) is 0 Å². The zero-order valence-electron chi connectivity index (χ0n) is 45.2. The van der Waals surface area contributed by atoms with E-state index in [2.05, 4.69) is 43.5 Å². The van der Waals surface area contributed by atoms with Gasteiger partial charge in [0.05, 0.1) is 18.8 Å². The van der Waals surface area contributed by atoms with Crippen LogP contribution in [0.15, 0.2) is 24.3 Å². The van der Waals surface area contributed by atoms with Crippen molar-refractivity contribution in [2.75, 3.05) is 6.61 Å². The van der Waals surface area contributed by atoms with Gasteiger partial charge in [-0.3, -0.25) is 4.79 Å². The molecule has 0 aliphatic rings. The van der Waals surface area contributed by atoms with Crippen molar-refractivity contribution >= 4 is 5.91 Å². The van der Waals surface area contributed by atoms with Crippen molar-refractivity contribution in [3.8, 4) is 0 Å². The molecule has 0 aliphatic heterocycles. The minimum Gasteiger partial charge on any atom is -0.394 e. The number of aliphatic hydroxyl groups is 4. The monoisotopic (exact) mass is 946 g/mol. The number of unbranched alkanes of at least 4 members (excludes halogenated alkanes) is 43. The summed E-state index contributed by atoms with van der Waals surface area (Å²) in [6, 6.07) is -1.01. The van der Waals surface area contributed by atoms with Gasteiger partial charge in [-0.1, -0.05) is 301 Å². The number of rotatable bonds is 56. The van der Waals surface area contributed by atoms with Gasteiger partial charge in [0.2, 0.25) is 5.91 Å². The molecule has 0 spiro atoms. The van der Waals surface area contributed by atoms with Gasteiger partial charge in [0.25, 0.3) is 0 Å². The first-order valence-electron chi connectivity index (χ1n) is 30.2. The Kier molecular flexibility index (Phi) is 54.7. The summed E-state index contributed by atoms with van der Waals surface area (Å²) in [7, 11) is 0. The van der Waals surface area contributed by atoms with E-state index in [9.17, 15) is 25.2 Å². The van der Waals surface area contributed by atoms with Crippen molar-refractivity contribution in [2.45, 2.75) is 353 Å². The minimum atomic E-state index is -1.29. The van der Waals surface area contributed by atoms with Gasteiger partial charge in [0.15, 0.2) is 0 Å². The molecule has 6 nitrogen and oxygen atoms in total. The molecule has 1 amide bonds. The van der Waals surface area contributed by atoms with Crippen LogP contribution in [-0.2, 0) is 4.79 Å². The molecular weight excluding hydrogens is 827 g/mol. The molecule has 0 aromatic heterocycles. The van der Waals surface area contributed by atoms with Crippen LogP contribution in [0.2, 0.25) is 0 Å². The summed E-state index contributed by atoms with van der Waals surface area (Å²) in [5.74, 6) is -0.592. The second-order valence-corrected chi connectivity index (χ2v) is 21.0. The van der Waals surface area contributed by atoms with E-state index in [0.29, 0.717) is 19.3 Å². The molecule has 0 heterocycles. The molecule has 0 rings (SSSR count). The number of hydrogen-bond donors (Lipinski definition) is 5. The Morgan fingerprint density at radius 3 is 0.940 bits per heavy atom. The Labute approximate surface area is 418 Å². The van der Waals surface area contributed by atoms with Gasteiger partial charge in [0.1, 0.15) is 12.2 Å². The van der Waals surface area contributed by atoms with Crippen LogP contribution in [0.1, 0.15) is 328 Å². The fourth-order valence-electron chi connectivity index (χ4n) is 9.66. The number of nitrogens with one attached hydrogen (secondary N) is 1. The third-order valence-electron chi connectivity index (χ3n) is 14.4. The molecule has 67 heavy (non-hydrogen) atoms. The molecule has 4 atom stereocenters. The highest BCUT2D eigenvalue weighted by atomic mass is 16.3. The standard InChI is InChI=1S/C61H119NO5/c1-3-5-7-9-11-13-15-17-19-21-23-24-25-26-27-28-29-30-31-32-33-34-35-37-38-40-42-44-46-48-50-52-54-58(64)60(66)57(56-63)62-61(67)59(65)55-53-51-49-47-45-43-41-39-36-22-20-18-16-14-12-10-8-6-4-2/h38,40,46,48,57-60,63-66H,3-37,39,41-45,47,49-56H2,1-2H3,(H,62,67)/b40-38+,48-46+. The van der Waals surface area contributed by atoms with Crippen LogP contribution in [0.4, 0.5) is 0 Å². The Morgan fingerprint density at radius 2 is 0.627 bits per heavy atom. The van der Waals surface area contributed by atoms with E-state index in [0.717, 1.165) is 38.5 Å². The predicted octanol–water partition coefficient (Wildman–Crippen LogP) is 17.8. The lowest BCUT2D eigenvalue weighted by atomic mass is 10.00. The first kappa shape index (κ1) is 65.8. The van der Waals surface area contributed by atoms with Crippen molar-refractivity contribution in [2.24, 2.45) is 0 Å². The number of amides is 1. The average molecular weight is 947 g/mol. The predicted molar refractivity (Wildman–Crippen MR) is 293 cm³/mol. The lowest BCUT2D eigenvalue weighted by Crippen LogP contribution is -2.53. The van der Waals surface area contributed by atoms with E-state index in [1.807, 2.05) is 0 Å². The Bertz CT molecular complexity index is 1020. The van der Waals surface area contributed by atoms with Gasteiger partial charge in [-0.15, -0.1) is 0 Å². The molecule has 6 heteroatoms. The van der Waals surface area contributed by atoms with Crippen molar-refractivity contribution in [3.05, 3.63) is 24.3 Å². The fraction of sp³-hybridized carbons (Fsp3) is 0.918. The quantitative estimate of drug-likeness (QED) is 0.0308. The van der Waals surface area contributed by atoms with Crippen LogP contribution in [0, 0.1) is 0 Å². The lowest BCUT2D eigenvalue weighted by molar-refractivity contribution is -0.132. The molecular formula is C61H119NO5. The van der Waals surface area contributed by atoms with Crippen LogP contribution in [0.5, 0.6) is 0 Å². The van der Waals surface area contributed by atoms with Gasteiger partial charge < -0.3 is 25.7 Å². The summed E-state index contributed by atoms with van der Waals surface area (Å²) in [5, 5.41) is 44.0. The van der Waals surface area contributed by atoms with Crippen LogP contribution in [0.25, 0.3) is 0 Å². The van der Waals surface area contributed by atoms with E-state index in [1.165, 1.54) is 257 Å². The topological polar surface area (TPSA) is 110 Å². The summed E-state index contributed by atoms with van der Waals surface area (Å²) in [6.45, 7) is 4.08. The number of hydrogen-bond acceptors (Lipinski definition) is 5. The molecule has 0 fully saturated rings. The van der Waals surface area contributed by atoms with E-state index >= 15 is 0 Å². The molecule has 0 radical (unpaired) electrons. The SMILES string of the molecule is CCCCCCCCCCCCCCCCCCCCCCCCC/C=C/CC/C=C/CCCC(O)C(O)C(CO)NC(=O)C(O)CCCCCCCCCCCCCCCCCCCCC. The molecule has 0 saturated heterocycles. The molecule has 0 aromatic rings. The van der Waals surface area contributed by atoms with Crippen molar-refractivity contribution in [1.29, 1.82) is 0 Å². The summed E-state index contributed by atoms with van der Waals surface area (Å²) in [6.07, 6.45) is 68.4. The van der Waals surface area contributed by atoms with Gasteiger partial charge in [-0.05, 0) is 51.4 Å². The van der Waals surface area contributed by atoms with Crippen molar-refractivity contribution in [1.82, 2.24) is 5.32 Å². The zero-order chi connectivity index (χ0) is 48.8. The van der Waals surface area contributed by atoms with Crippen LogP contribution < -0.4 is 5.32 Å². The Morgan fingerprint density at radius 1 is 0.358 bits per heavy atom. The lowest BCUT2D eigenvalue weighted by Gasteiger charge is -2.27. The van der Waals surface area contributed by atoms with Gasteiger partial charge in [-0.25, -0.2) is 0 Å². The summed E-state index contributed by atoms with van der Waals surface area (Å²) in [5.41, 5.74) is 0. The molecule has 5 N–H and O–H groups in total. The maximum absolute atomic E-state index is 12.6. The van der Waals surface area contributed by atoms with Crippen LogP contribution >= 0.6 is 0 Å². The molecule has 0 bridgehead atoms. The van der Waals surface area contributed by atoms with E-state index in [4.69, 9.17) is 0 Å². The second kappa shape index (κ2) is 55.7. The smallest absolute Gasteiger partial charge is 0.249 e. The third-order valence-corrected chi connectivity index (χ3v) is 14.4. The highest BCUT2D eigenvalue weighted by Crippen LogP contribution is 2.18. The van der Waals surface area contributed by atoms with Gasteiger partial charge in [0, 0.05) is 0 Å². The van der Waals surface area contributed by atoms with E-state index in [1.54, 1.807) is 0 Å². The summed E-state index contributed by atoms with van der Waals surface area (Å²) in [4.78, 5) is 12.6. The maximum atomic E-state index is 12.6.